The fraction of sp³-hybridized carbons (Fsp3) is 0.389. The number of nitrogens with zero attached hydrogens (tertiary/aromatic N) is 1. The van der Waals surface area contributed by atoms with Gasteiger partial charge in [0.1, 0.15) is 23.9 Å². The normalized spacial score (nSPS) is 22.1. The second-order valence-corrected chi connectivity index (χ2v) is 19.3. The molecule has 1 saturated carbocycles. The van der Waals surface area contributed by atoms with E-state index in [-0.39, 0.29) is 47.1 Å². The van der Waals surface area contributed by atoms with Crippen molar-refractivity contribution in [1.82, 2.24) is 15.5 Å². The van der Waals surface area contributed by atoms with Crippen LogP contribution in [0.4, 0.5) is 15.8 Å². The van der Waals surface area contributed by atoms with Gasteiger partial charge in [-0.3, -0.25) is 29.3 Å². The van der Waals surface area contributed by atoms with Crippen LogP contribution in [0.2, 0.25) is 10.0 Å². The highest BCUT2D eigenvalue weighted by Gasteiger charge is 2.72. The first kappa shape index (κ1) is 49.1. The number of Topliss-reactive ketones (excluding diaryl/α,β-unsaturated/α-hetero) is 1. The van der Waals surface area contributed by atoms with Crippen LogP contribution in [0.25, 0.3) is 0 Å². The minimum atomic E-state index is -1.35. The summed E-state index contributed by atoms with van der Waals surface area (Å²) in [6.45, 7) is 6.08. The number of ether oxygens (including phenoxy) is 3. The average Bonchev–Trinajstić information content (AvgIpc) is 3.95. The zero-order valence-corrected chi connectivity index (χ0v) is 40.1. The van der Waals surface area contributed by atoms with E-state index in [1.807, 2.05) is 12.1 Å². The van der Waals surface area contributed by atoms with E-state index in [2.05, 4.69) is 39.7 Å². The summed E-state index contributed by atoms with van der Waals surface area (Å²) in [5.74, 6) is 3.25. The summed E-state index contributed by atoms with van der Waals surface area (Å²) in [5, 5.41) is 12.8. The van der Waals surface area contributed by atoms with Gasteiger partial charge in [-0.25, -0.2) is 4.39 Å². The first-order valence-electron chi connectivity index (χ1n) is 23.8. The van der Waals surface area contributed by atoms with Crippen LogP contribution < -0.4 is 21.3 Å². The van der Waals surface area contributed by atoms with Gasteiger partial charge in [0.15, 0.2) is 5.78 Å². The fourth-order valence-electron chi connectivity index (χ4n) is 11.1. The maximum absolute atomic E-state index is 16.2. The average molecular weight is 991 g/mol. The quantitative estimate of drug-likeness (QED) is 0.0492. The zero-order valence-electron chi connectivity index (χ0n) is 38.6. The molecule has 16 heteroatoms. The van der Waals surface area contributed by atoms with Crippen LogP contribution in [0, 0.1) is 17.7 Å². The SMILES string of the molecule is C=C1CCC(N2Cc3c(C#CCOCCOCCOCCCC(=O)c4ccc(NC(=O)[C@@H]5NC6(CCCCC6)[C@@]6(C(=O)Nc7cc(Cl)ccc76)[C@H]5c5cccc(Cl)c5F)cc4)cccc3C2=O)C(=O)N1. The summed E-state index contributed by atoms with van der Waals surface area (Å²) in [6, 6.07) is 20.4. The molecule has 2 saturated heterocycles. The van der Waals surface area contributed by atoms with Crippen LogP contribution in [0.5, 0.6) is 0 Å². The molecule has 0 aromatic heterocycles. The maximum Gasteiger partial charge on any atom is 0.255 e. The number of fused-ring (bicyclic) bond motifs is 4. The standard InChI is InChI=1S/C54H54Cl2FN5O8/c1-33-15-22-44(49(64)58-33)62-32-40-34(9-5-11-38(40)51(62)66)10-7-25-68-27-29-70-30-28-69-26-8-14-45(63)35-16-19-37(20-17-35)59-50(65)48-46(39-12-6-13-42(56)47(39)57)54(53(61-48)23-3-2-4-24-53)41-21-18-36(55)31-43(41)60-52(54)67/h5-6,9,11-13,16-21,31,44,46,48,61H,1-4,8,14-15,22-30,32H2,(H,58,64)(H,59,65)(H,60,67)/t44?,46-,48+,54+/m0/s1. The maximum atomic E-state index is 16.2. The van der Waals surface area contributed by atoms with Gasteiger partial charge in [-0.1, -0.05) is 85.1 Å². The van der Waals surface area contributed by atoms with Crippen LogP contribution in [0.1, 0.15) is 107 Å². The molecule has 4 N–H and O–H groups in total. The van der Waals surface area contributed by atoms with Crippen LogP contribution in [0.3, 0.4) is 0 Å². The zero-order chi connectivity index (χ0) is 49.0. The van der Waals surface area contributed by atoms with E-state index in [9.17, 15) is 24.0 Å². The molecule has 2 spiro atoms. The van der Waals surface area contributed by atoms with Gasteiger partial charge < -0.3 is 35.1 Å². The van der Waals surface area contributed by atoms with Crippen molar-refractivity contribution < 1.29 is 42.6 Å². The van der Waals surface area contributed by atoms with E-state index in [0.717, 1.165) is 30.4 Å². The lowest BCUT2D eigenvalue weighted by Gasteiger charge is -2.47. The Balaban J connectivity index is 0.717. The van der Waals surface area contributed by atoms with Gasteiger partial charge in [-0.15, -0.1) is 0 Å². The molecule has 1 unspecified atom stereocenters. The molecule has 4 heterocycles. The Morgan fingerprint density at radius 1 is 0.886 bits per heavy atom. The highest BCUT2D eigenvalue weighted by molar-refractivity contribution is 6.31. The van der Waals surface area contributed by atoms with E-state index in [0.29, 0.717) is 110 Å². The molecule has 364 valence electrons. The monoisotopic (exact) mass is 989 g/mol. The Morgan fingerprint density at radius 3 is 2.40 bits per heavy atom. The number of benzene rings is 4. The number of carbonyl (C=O) groups excluding carboxylic acids is 5. The molecule has 4 aromatic rings. The molecule has 70 heavy (non-hydrogen) atoms. The number of rotatable bonds is 16. The number of allylic oxidation sites excluding steroid dienone is 1. The number of hydrogen-bond acceptors (Lipinski definition) is 9. The van der Waals surface area contributed by atoms with Crippen molar-refractivity contribution in [3.8, 4) is 11.8 Å². The third kappa shape index (κ3) is 9.51. The van der Waals surface area contributed by atoms with E-state index >= 15 is 4.39 Å². The fourth-order valence-corrected chi connectivity index (χ4v) is 11.5. The highest BCUT2D eigenvalue weighted by atomic mass is 35.5. The molecule has 4 aromatic carbocycles. The number of anilines is 2. The van der Waals surface area contributed by atoms with E-state index < -0.39 is 40.7 Å². The molecule has 0 radical (unpaired) electrons. The van der Waals surface area contributed by atoms with Gasteiger partial charge in [0.05, 0.1) is 37.5 Å². The Labute approximate surface area is 416 Å². The predicted molar refractivity (Wildman–Crippen MR) is 263 cm³/mol. The third-order valence-corrected chi connectivity index (χ3v) is 14.8. The second-order valence-electron chi connectivity index (χ2n) is 18.4. The number of piperidine rings is 1. The molecule has 4 atom stereocenters. The topological polar surface area (TPSA) is 164 Å². The number of carbonyl (C=O) groups is 5. The minimum Gasteiger partial charge on any atom is -0.379 e. The Morgan fingerprint density at radius 2 is 1.63 bits per heavy atom. The van der Waals surface area contributed by atoms with Gasteiger partial charge in [-0.05, 0) is 103 Å². The minimum absolute atomic E-state index is 0.0772. The molecular weight excluding hydrogens is 937 g/mol. The number of ketones is 1. The summed E-state index contributed by atoms with van der Waals surface area (Å²) < 4.78 is 33.2. The van der Waals surface area contributed by atoms with Gasteiger partial charge in [0.25, 0.3) is 5.91 Å². The molecule has 0 bridgehead atoms. The summed E-state index contributed by atoms with van der Waals surface area (Å²) in [5.41, 5.74) is 2.86. The van der Waals surface area contributed by atoms with Gasteiger partial charge >= 0.3 is 0 Å². The summed E-state index contributed by atoms with van der Waals surface area (Å²) in [4.78, 5) is 69.5. The van der Waals surface area contributed by atoms with Crippen molar-refractivity contribution >= 4 is 64.0 Å². The summed E-state index contributed by atoms with van der Waals surface area (Å²) >= 11 is 12.8. The van der Waals surface area contributed by atoms with Crippen LogP contribution in [0.15, 0.2) is 91.1 Å². The number of amides is 4. The smallest absolute Gasteiger partial charge is 0.255 e. The largest absolute Gasteiger partial charge is 0.379 e. The molecular formula is C54H54Cl2FN5O8. The molecule has 4 aliphatic heterocycles. The Hall–Kier alpha value is -5.92. The van der Waals surface area contributed by atoms with Gasteiger partial charge in [0.2, 0.25) is 17.7 Å². The molecule has 4 amide bonds. The molecule has 3 fully saturated rings. The van der Waals surface area contributed by atoms with Crippen LogP contribution in [-0.2, 0) is 40.6 Å². The number of halogens is 3. The molecule has 13 nitrogen and oxygen atoms in total. The summed E-state index contributed by atoms with van der Waals surface area (Å²) in [6.07, 6.45) is 5.75. The van der Waals surface area contributed by atoms with Gasteiger partial charge in [0, 0.05) is 69.8 Å². The van der Waals surface area contributed by atoms with Crippen LogP contribution in [-0.4, -0.2) is 91.6 Å². The van der Waals surface area contributed by atoms with E-state index in [1.165, 1.54) is 6.07 Å². The van der Waals surface area contributed by atoms with Crippen molar-refractivity contribution in [3.63, 3.8) is 0 Å². The molecule has 1 aliphatic carbocycles. The lowest BCUT2D eigenvalue weighted by Crippen LogP contribution is -2.60. The van der Waals surface area contributed by atoms with E-state index in [1.54, 1.807) is 65.6 Å². The number of nitrogens with one attached hydrogen (secondary N) is 4. The molecule has 5 aliphatic rings. The number of hydrogen-bond donors (Lipinski definition) is 4. The Bertz CT molecular complexity index is 2790. The van der Waals surface area contributed by atoms with Crippen LogP contribution >= 0.6 is 23.2 Å². The lowest BCUT2D eigenvalue weighted by molar-refractivity contribution is -0.126. The second kappa shape index (κ2) is 21.2. The van der Waals surface area contributed by atoms with Crippen molar-refractivity contribution in [1.29, 1.82) is 0 Å². The van der Waals surface area contributed by atoms with E-state index in [4.69, 9.17) is 37.4 Å². The highest BCUT2D eigenvalue weighted by Crippen LogP contribution is 2.63. The first-order valence-corrected chi connectivity index (χ1v) is 24.6. The van der Waals surface area contributed by atoms with Gasteiger partial charge in [-0.2, -0.15) is 0 Å². The predicted octanol–water partition coefficient (Wildman–Crippen LogP) is 8.23. The van der Waals surface area contributed by atoms with Crippen molar-refractivity contribution in [2.24, 2.45) is 0 Å². The molecule has 9 rings (SSSR count). The van der Waals surface area contributed by atoms with Crippen molar-refractivity contribution in [2.75, 3.05) is 50.3 Å². The lowest BCUT2D eigenvalue weighted by atomic mass is 9.55. The van der Waals surface area contributed by atoms with Crippen molar-refractivity contribution in [3.05, 3.63) is 140 Å². The third-order valence-electron chi connectivity index (χ3n) is 14.3. The van der Waals surface area contributed by atoms with Crippen molar-refractivity contribution in [2.45, 2.75) is 93.3 Å². The first-order chi connectivity index (χ1) is 33.9. The Kier molecular flexibility index (Phi) is 14.9. The summed E-state index contributed by atoms with van der Waals surface area (Å²) in [7, 11) is 0.